The molecule has 142 valence electrons. The minimum absolute atomic E-state index is 0.308. The minimum Gasteiger partial charge on any atom is -0.449 e. The number of nitrogens with zero attached hydrogens (tertiary/aromatic N) is 3. The van der Waals surface area contributed by atoms with Gasteiger partial charge in [0.15, 0.2) is 11.8 Å². The maximum atomic E-state index is 12.9. The van der Waals surface area contributed by atoms with Gasteiger partial charge in [-0.15, -0.1) is 11.3 Å². The summed E-state index contributed by atoms with van der Waals surface area (Å²) in [6.45, 7) is 5.90. The van der Waals surface area contributed by atoms with Crippen molar-refractivity contribution in [3.8, 4) is 10.6 Å². The largest absolute Gasteiger partial charge is 0.449 e. The van der Waals surface area contributed by atoms with E-state index in [9.17, 15) is 9.59 Å². The summed E-state index contributed by atoms with van der Waals surface area (Å²) in [6, 6.07) is 5.58. The first-order chi connectivity index (χ1) is 12.9. The summed E-state index contributed by atoms with van der Waals surface area (Å²) >= 11 is 1.54. The molecule has 1 atom stereocenters. The Balaban J connectivity index is 1.99. The van der Waals surface area contributed by atoms with Crippen LogP contribution < -0.4 is 5.32 Å². The predicted octanol–water partition coefficient (Wildman–Crippen LogP) is 3.08. The predicted molar refractivity (Wildman–Crippen MR) is 105 cm³/mol. The van der Waals surface area contributed by atoms with E-state index in [4.69, 9.17) is 4.74 Å². The summed E-state index contributed by atoms with van der Waals surface area (Å²) in [6.07, 6.45) is -0.0642. The fourth-order valence-electron chi connectivity index (χ4n) is 2.83. The number of aromatic nitrogens is 3. The molecule has 0 spiro atoms. The molecule has 3 aromatic rings. The number of carbonyl (C=O) groups excluding carboxylic acids is 2. The Bertz CT molecular complexity index is 979. The van der Waals surface area contributed by atoms with Crippen molar-refractivity contribution in [2.24, 2.45) is 7.05 Å². The van der Waals surface area contributed by atoms with Crippen LogP contribution in [0.15, 0.2) is 23.6 Å². The molecular formula is C19H22N4O3S. The highest BCUT2D eigenvalue weighted by Crippen LogP contribution is 2.29. The smallest absolute Gasteiger partial charge is 0.339 e. The second kappa shape index (κ2) is 7.87. The molecule has 0 aliphatic rings. The zero-order valence-corrected chi connectivity index (χ0v) is 16.6. The van der Waals surface area contributed by atoms with Gasteiger partial charge < -0.3 is 10.1 Å². The Morgan fingerprint density at radius 3 is 2.85 bits per heavy atom. The van der Waals surface area contributed by atoms with E-state index in [0.29, 0.717) is 34.5 Å². The van der Waals surface area contributed by atoms with Crippen LogP contribution in [0.4, 0.5) is 0 Å². The van der Waals surface area contributed by atoms with E-state index in [1.165, 1.54) is 11.3 Å². The summed E-state index contributed by atoms with van der Waals surface area (Å²) in [5.74, 6) is -0.868. The van der Waals surface area contributed by atoms with Crippen LogP contribution in [0.25, 0.3) is 21.6 Å². The molecule has 0 aliphatic carbocycles. The highest BCUT2D eigenvalue weighted by Gasteiger charge is 2.24. The normalized spacial score (nSPS) is 12.1. The van der Waals surface area contributed by atoms with Crippen LogP contribution >= 0.6 is 11.3 Å². The fraction of sp³-hybridized carbons (Fsp3) is 0.368. The molecule has 7 nitrogen and oxygen atoms in total. The molecule has 0 aliphatic heterocycles. The summed E-state index contributed by atoms with van der Waals surface area (Å²) in [4.78, 5) is 30.5. The number of rotatable bonds is 6. The first kappa shape index (κ1) is 19.0. The highest BCUT2D eigenvalue weighted by atomic mass is 32.1. The molecule has 0 radical (unpaired) electrons. The van der Waals surface area contributed by atoms with Crippen molar-refractivity contribution in [2.75, 3.05) is 6.54 Å². The molecule has 3 heterocycles. The van der Waals surface area contributed by atoms with Gasteiger partial charge in [0.25, 0.3) is 5.91 Å². The van der Waals surface area contributed by atoms with Crippen molar-refractivity contribution in [1.82, 2.24) is 20.1 Å². The zero-order chi connectivity index (χ0) is 19.6. The SMILES string of the molecule is CCCNC(=O)C(C)OC(=O)c1cc(-c2cccs2)nc2c1c(C)nn2C. The second-order valence-electron chi connectivity index (χ2n) is 6.28. The molecule has 1 N–H and O–H groups in total. The van der Waals surface area contributed by atoms with Gasteiger partial charge in [-0.3, -0.25) is 9.48 Å². The summed E-state index contributed by atoms with van der Waals surface area (Å²) < 4.78 is 7.08. The van der Waals surface area contributed by atoms with Gasteiger partial charge in [0, 0.05) is 13.6 Å². The number of thiophene rings is 1. The van der Waals surface area contributed by atoms with Crippen molar-refractivity contribution < 1.29 is 14.3 Å². The maximum absolute atomic E-state index is 12.9. The lowest BCUT2D eigenvalue weighted by Crippen LogP contribution is -2.36. The third kappa shape index (κ3) is 3.85. The van der Waals surface area contributed by atoms with Gasteiger partial charge in [0.1, 0.15) is 0 Å². The van der Waals surface area contributed by atoms with Crippen LogP contribution in [-0.4, -0.2) is 39.3 Å². The van der Waals surface area contributed by atoms with Crippen molar-refractivity contribution in [3.05, 3.63) is 34.8 Å². The van der Waals surface area contributed by atoms with Crippen molar-refractivity contribution in [1.29, 1.82) is 0 Å². The van der Waals surface area contributed by atoms with Gasteiger partial charge in [0.2, 0.25) is 0 Å². The maximum Gasteiger partial charge on any atom is 0.339 e. The number of pyridine rings is 1. The van der Waals surface area contributed by atoms with Crippen LogP contribution in [0.5, 0.6) is 0 Å². The first-order valence-corrected chi connectivity index (χ1v) is 9.67. The lowest BCUT2D eigenvalue weighted by Gasteiger charge is -2.14. The third-order valence-electron chi connectivity index (χ3n) is 4.16. The highest BCUT2D eigenvalue weighted by molar-refractivity contribution is 7.13. The molecule has 0 fully saturated rings. The standard InChI is InChI=1S/C19H22N4O3S/c1-5-8-20-18(24)12(3)26-19(25)13-10-14(15-7-6-9-27-15)21-17-16(13)11(2)22-23(17)4/h6-7,9-10,12H,5,8H2,1-4H3,(H,20,24). The number of aryl methyl sites for hydroxylation is 2. The number of hydrogen-bond acceptors (Lipinski definition) is 6. The van der Waals surface area contributed by atoms with Gasteiger partial charge in [-0.25, -0.2) is 9.78 Å². The molecular weight excluding hydrogens is 364 g/mol. The summed E-state index contributed by atoms with van der Waals surface area (Å²) in [7, 11) is 1.79. The van der Waals surface area contributed by atoms with Gasteiger partial charge >= 0.3 is 5.97 Å². The molecule has 0 saturated heterocycles. The van der Waals surface area contributed by atoms with Crippen molar-refractivity contribution >= 4 is 34.2 Å². The number of carbonyl (C=O) groups is 2. The Morgan fingerprint density at radius 1 is 1.41 bits per heavy atom. The van der Waals surface area contributed by atoms with E-state index in [-0.39, 0.29) is 5.91 Å². The summed E-state index contributed by atoms with van der Waals surface area (Å²) in [5, 5.41) is 9.71. The number of hydrogen-bond donors (Lipinski definition) is 1. The third-order valence-corrected chi connectivity index (χ3v) is 5.06. The number of esters is 1. The van der Waals surface area contributed by atoms with Gasteiger partial charge in [-0.05, 0) is 37.8 Å². The minimum atomic E-state index is -0.880. The number of nitrogens with one attached hydrogen (secondary N) is 1. The van der Waals surface area contributed by atoms with Gasteiger partial charge in [-0.2, -0.15) is 5.10 Å². The van der Waals surface area contributed by atoms with Crippen LogP contribution in [-0.2, 0) is 16.6 Å². The van der Waals surface area contributed by atoms with E-state index in [1.54, 1.807) is 24.7 Å². The van der Waals surface area contributed by atoms with Crippen LogP contribution in [0, 0.1) is 6.92 Å². The van der Waals surface area contributed by atoms with Crippen LogP contribution in [0.2, 0.25) is 0 Å². The quantitative estimate of drug-likeness (QED) is 0.658. The fourth-order valence-corrected chi connectivity index (χ4v) is 3.51. The lowest BCUT2D eigenvalue weighted by molar-refractivity contribution is -0.129. The second-order valence-corrected chi connectivity index (χ2v) is 7.23. The van der Waals surface area contributed by atoms with Crippen LogP contribution in [0.1, 0.15) is 36.3 Å². The van der Waals surface area contributed by atoms with E-state index in [1.807, 2.05) is 31.4 Å². The van der Waals surface area contributed by atoms with E-state index in [0.717, 1.165) is 11.3 Å². The molecule has 1 amide bonds. The van der Waals surface area contributed by atoms with Gasteiger partial charge in [-0.1, -0.05) is 13.0 Å². The first-order valence-electron chi connectivity index (χ1n) is 8.79. The van der Waals surface area contributed by atoms with E-state index >= 15 is 0 Å². The Hall–Kier alpha value is -2.74. The number of ether oxygens (including phenoxy) is 1. The molecule has 8 heteroatoms. The van der Waals surface area contributed by atoms with E-state index < -0.39 is 12.1 Å². The molecule has 0 bridgehead atoms. The van der Waals surface area contributed by atoms with Crippen molar-refractivity contribution in [2.45, 2.75) is 33.3 Å². The molecule has 3 aromatic heterocycles. The Morgan fingerprint density at radius 2 is 2.19 bits per heavy atom. The average molecular weight is 386 g/mol. The topological polar surface area (TPSA) is 86.1 Å². The molecule has 1 unspecified atom stereocenters. The lowest BCUT2D eigenvalue weighted by atomic mass is 10.1. The number of fused-ring (bicyclic) bond motifs is 1. The van der Waals surface area contributed by atoms with Crippen LogP contribution in [0.3, 0.4) is 0 Å². The number of amides is 1. The molecule has 0 aromatic carbocycles. The zero-order valence-electron chi connectivity index (χ0n) is 15.8. The van der Waals surface area contributed by atoms with Crippen molar-refractivity contribution in [3.63, 3.8) is 0 Å². The Kier molecular flexibility index (Phi) is 5.55. The monoisotopic (exact) mass is 386 g/mol. The van der Waals surface area contributed by atoms with Gasteiger partial charge in [0.05, 0.1) is 27.2 Å². The summed E-state index contributed by atoms with van der Waals surface area (Å²) in [5.41, 5.74) is 2.33. The Labute approximate surface area is 161 Å². The molecule has 3 rings (SSSR count). The molecule has 27 heavy (non-hydrogen) atoms. The van der Waals surface area contributed by atoms with E-state index in [2.05, 4.69) is 15.4 Å². The average Bonchev–Trinajstić information content (AvgIpc) is 3.27. The molecule has 0 saturated carbocycles.